The monoisotopic (exact) mass is 550 g/mol. The van der Waals surface area contributed by atoms with Crippen molar-refractivity contribution in [2.75, 3.05) is 20.2 Å². The van der Waals surface area contributed by atoms with Gasteiger partial charge in [0.25, 0.3) is 0 Å². The van der Waals surface area contributed by atoms with Crippen LogP contribution in [0.3, 0.4) is 0 Å². The zero-order valence-corrected chi connectivity index (χ0v) is 21.2. The maximum Gasteiger partial charge on any atom is 0.243 e. The van der Waals surface area contributed by atoms with E-state index in [4.69, 9.17) is 16.3 Å². The third-order valence-corrected chi connectivity index (χ3v) is 7.67. The number of halogens is 2. The number of methoxy groups -OCH3 is 1. The van der Waals surface area contributed by atoms with Crippen LogP contribution < -0.4 is 10.1 Å². The largest absolute Gasteiger partial charge is 0.497 e. The highest BCUT2D eigenvalue weighted by atomic mass is 79.9. The first-order chi connectivity index (χ1) is 15.8. The highest BCUT2D eigenvalue weighted by Gasteiger charge is 2.27. The van der Waals surface area contributed by atoms with Gasteiger partial charge in [0.1, 0.15) is 5.75 Å². The summed E-state index contributed by atoms with van der Waals surface area (Å²) in [5.74, 6) is 0.368. The van der Waals surface area contributed by atoms with Crippen LogP contribution >= 0.6 is 27.5 Å². The Kier molecular flexibility index (Phi) is 8.91. The number of ether oxygens (including phenoxy) is 1. The summed E-state index contributed by atoms with van der Waals surface area (Å²) in [5, 5.41) is 3.24. The van der Waals surface area contributed by atoms with Crippen molar-refractivity contribution in [3.05, 3.63) is 93.4 Å². The van der Waals surface area contributed by atoms with Gasteiger partial charge in [-0.05, 0) is 60.0 Å². The maximum atomic E-state index is 13.3. The predicted octanol–water partition coefficient (Wildman–Crippen LogP) is 4.66. The number of carbonyl (C=O) groups is 1. The Labute approximate surface area is 207 Å². The predicted molar refractivity (Wildman–Crippen MR) is 133 cm³/mol. The summed E-state index contributed by atoms with van der Waals surface area (Å²) < 4.78 is 33.7. The second-order valence-corrected chi connectivity index (χ2v) is 10.5. The molecule has 174 valence electrons. The Morgan fingerprint density at radius 2 is 1.70 bits per heavy atom. The van der Waals surface area contributed by atoms with Crippen LogP contribution in [0.25, 0.3) is 0 Å². The van der Waals surface area contributed by atoms with Crippen molar-refractivity contribution >= 4 is 43.5 Å². The molecule has 9 heteroatoms. The van der Waals surface area contributed by atoms with Crippen molar-refractivity contribution in [3.63, 3.8) is 0 Å². The van der Waals surface area contributed by atoms with E-state index in [0.717, 1.165) is 20.1 Å². The summed E-state index contributed by atoms with van der Waals surface area (Å²) in [6.07, 6.45) is 0.611. The van der Waals surface area contributed by atoms with Crippen LogP contribution in [0.15, 0.2) is 82.2 Å². The molecule has 1 amide bonds. The van der Waals surface area contributed by atoms with E-state index < -0.39 is 15.9 Å². The molecule has 0 aromatic heterocycles. The van der Waals surface area contributed by atoms with Gasteiger partial charge in [0.05, 0.1) is 18.6 Å². The van der Waals surface area contributed by atoms with Crippen molar-refractivity contribution in [1.82, 2.24) is 9.62 Å². The number of nitrogens with one attached hydrogen (secondary N) is 1. The Hall–Kier alpha value is -2.39. The van der Waals surface area contributed by atoms with Gasteiger partial charge < -0.3 is 10.1 Å². The fraction of sp³-hybridized carbons (Fsp3) is 0.208. The van der Waals surface area contributed by atoms with Gasteiger partial charge in [-0.25, -0.2) is 8.42 Å². The van der Waals surface area contributed by atoms with E-state index in [1.54, 1.807) is 43.5 Å². The zero-order chi connectivity index (χ0) is 23.8. The molecule has 0 heterocycles. The average molecular weight is 552 g/mol. The fourth-order valence-electron chi connectivity index (χ4n) is 3.15. The van der Waals surface area contributed by atoms with Crippen LogP contribution in [0.5, 0.6) is 5.75 Å². The number of hydrogen-bond donors (Lipinski definition) is 1. The molecule has 6 nitrogen and oxygen atoms in total. The minimum absolute atomic E-state index is 0.0238. The topological polar surface area (TPSA) is 75.7 Å². The molecule has 0 aliphatic carbocycles. The molecule has 1 N–H and O–H groups in total. The molecule has 0 fully saturated rings. The van der Waals surface area contributed by atoms with Crippen LogP contribution in [0.4, 0.5) is 0 Å². The lowest BCUT2D eigenvalue weighted by Crippen LogP contribution is -2.40. The van der Waals surface area contributed by atoms with Gasteiger partial charge in [0.15, 0.2) is 0 Å². The molecule has 3 rings (SSSR count). The summed E-state index contributed by atoms with van der Waals surface area (Å²) in [4.78, 5) is 12.8. The SMILES string of the molecule is COc1ccc(CCNC(=O)CN(Cc2ccccc2Cl)S(=O)(=O)c2ccc(Br)cc2)cc1. The van der Waals surface area contributed by atoms with E-state index in [1.165, 1.54) is 12.1 Å². The summed E-state index contributed by atoms with van der Waals surface area (Å²) in [7, 11) is -2.33. The minimum atomic E-state index is -3.93. The molecule has 0 radical (unpaired) electrons. The van der Waals surface area contributed by atoms with E-state index >= 15 is 0 Å². The Balaban J connectivity index is 1.72. The second kappa shape index (κ2) is 11.7. The van der Waals surface area contributed by atoms with E-state index in [1.807, 2.05) is 24.3 Å². The lowest BCUT2D eigenvalue weighted by Gasteiger charge is -2.22. The minimum Gasteiger partial charge on any atom is -0.497 e. The quantitative estimate of drug-likeness (QED) is 0.398. The second-order valence-electron chi connectivity index (χ2n) is 7.27. The normalized spacial score (nSPS) is 11.4. The number of carbonyl (C=O) groups excluding carboxylic acids is 1. The average Bonchev–Trinajstić information content (AvgIpc) is 2.80. The lowest BCUT2D eigenvalue weighted by atomic mass is 10.1. The van der Waals surface area contributed by atoms with Crippen LogP contribution in [-0.4, -0.2) is 38.8 Å². The molecular formula is C24H24BrClN2O4S. The van der Waals surface area contributed by atoms with E-state index in [2.05, 4.69) is 21.2 Å². The van der Waals surface area contributed by atoms with Crippen molar-refractivity contribution in [2.24, 2.45) is 0 Å². The van der Waals surface area contributed by atoms with Gasteiger partial charge >= 0.3 is 0 Å². The Bertz CT molecular complexity index is 1190. The van der Waals surface area contributed by atoms with Crippen LogP contribution in [0.2, 0.25) is 5.02 Å². The molecule has 0 bridgehead atoms. The number of rotatable bonds is 10. The Morgan fingerprint density at radius 3 is 2.33 bits per heavy atom. The molecular weight excluding hydrogens is 528 g/mol. The first-order valence-electron chi connectivity index (χ1n) is 10.2. The van der Waals surface area contributed by atoms with Gasteiger partial charge in [0, 0.05) is 22.6 Å². The van der Waals surface area contributed by atoms with Crippen LogP contribution in [0.1, 0.15) is 11.1 Å². The Morgan fingerprint density at radius 1 is 1.03 bits per heavy atom. The van der Waals surface area contributed by atoms with Crippen molar-refractivity contribution in [2.45, 2.75) is 17.9 Å². The van der Waals surface area contributed by atoms with E-state index in [0.29, 0.717) is 23.6 Å². The van der Waals surface area contributed by atoms with Gasteiger partial charge in [-0.2, -0.15) is 4.31 Å². The van der Waals surface area contributed by atoms with Crippen LogP contribution in [-0.2, 0) is 27.8 Å². The van der Waals surface area contributed by atoms with Crippen LogP contribution in [0, 0.1) is 0 Å². The van der Waals surface area contributed by atoms with Gasteiger partial charge in [0.2, 0.25) is 15.9 Å². The zero-order valence-electron chi connectivity index (χ0n) is 18.0. The molecule has 3 aromatic carbocycles. The van der Waals surface area contributed by atoms with E-state index in [9.17, 15) is 13.2 Å². The molecule has 0 aliphatic rings. The number of benzene rings is 3. The van der Waals surface area contributed by atoms with Gasteiger partial charge in [-0.3, -0.25) is 4.79 Å². The molecule has 0 spiro atoms. The van der Waals surface area contributed by atoms with Crippen molar-refractivity contribution in [1.29, 1.82) is 0 Å². The number of sulfonamides is 1. The first-order valence-corrected chi connectivity index (χ1v) is 12.8. The van der Waals surface area contributed by atoms with Crippen molar-refractivity contribution < 1.29 is 17.9 Å². The maximum absolute atomic E-state index is 13.3. The molecule has 3 aromatic rings. The molecule has 0 atom stereocenters. The summed E-state index contributed by atoms with van der Waals surface area (Å²) in [6, 6.07) is 20.8. The van der Waals surface area contributed by atoms with Crippen molar-refractivity contribution in [3.8, 4) is 5.75 Å². The third-order valence-electron chi connectivity index (χ3n) is 4.97. The molecule has 0 saturated carbocycles. The standard InChI is InChI=1S/C24H24BrClN2O4S/c1-32-21-10-6-18(7-11-21)14-15-27-24(29)17-28(16-19-4-2-3-5-23(19)26)33(30,31)22-12-8-20(25)9-13-22/h2-13H,14-17H2,1H3,(H,27,29). The highest BCUT2D eigenvalue weighted by molar-refractivity contribution is 9.10. The van der Waals surface area contributed by atoms with Gasteiger partial charge in [-0.15, -0.1) is 0 Å². The summed E-state index contributed by atoms with van der Waals surface area (Å²) in [5.41, 5.74) is 1.65. The third kappa shape index (κ3) is 7.04. The smallest absolute Gasteiger partial charge is 0.243 e. The molecule has 33 heavy (non-hydrogen) atoms. The number of amides is 1. The first kappa shape index (κ1) is 25.2. The molecule has 0 saturated heterocycles. The van der Waals surface area contributed by atoms with E-state index in [-0.39, 0.29) is 18.0 Å². The molecule has 0 aliphatic heterocycles. The van der Waals surface area contributed by atoms with Gasteiger partial charge in [-0.1, -0.05) is 57.9 Å². The number of hydrogen-bond acceptors (Lipinski definition) is 4. The highest BCUT2D eigenvalue weighted by Crippen LogP contribution is 2.23. The number of nitrogens with zero attached hydrogens (tertiary/aromatic N) is 1. The summed E-state index contributed by atoms with van der Waals surface area (Å²) >= 11 is 9.57. The summed E-state index contributed by atoms with van der Waals surface area (Å²) in [6.45, 7) is 0.0274. The lowest BCUT2D eigenvalue weighted by molar-refractivity contribution is -0.121. The molecule has 0 unspecified atom stereocenters. The fourth-order valence-corrected chi connectivity index (χ4v) is 4.99.